The van der Waals surface area contributed by atoms with Crippen molar-refractivity contribution in [3.05, 3.63) is 91.0 Å². The van der Waals surface area contributed by atoms with E-state index < -0.39 is 13.2 Å². The van der Waals surface area contributed by atoms with E-state index >= 15 is 0 Å². The van der Waals surface area contributed by atoms with Crippen molar-refractivity contribution in [1.29, 1.82) is 0 Å². The predicted octanol–water partition coefficient (Wildman–Crippen LogP) is 4.57. The number of alkyl halides is 1. The van der Waals surface area contributed by atoms with Gasteiger partial charge in [-0.2, -0.15) is 0 Å². The van der Waals surface area contributed by atoms with Crippen LogP contribution < -0.4 is 36.6 Å². The molecular formula is C30H42IOPSi. The van der Waals surface area contributed by atoms with E-state index in [1.54, 1.807) is 15.9 Å². The summed E-state index contributed by atoms with van der Waals surface area (Å²) in [5.41, 5.74) is 0. The van der Waals surface area contributed by atoms with Crippen LogP contribution in [-0.4, -0.2) is 19.4 Å². The van der Waals surface area contributed by atoms with Gasteiger partial charge >= 0.3 is 221 Å². The molecule has 3 rings (SSSR count). The average molecular weight is 605 g/mol. The molecule has 0 unspecified atom stereocenters. The second-order valence-electron chi connectivity index (χ2n) is 10.4. The second kappa shape index (κ2) is 12.8. The molecule has 0 amide bonds. The molecule has 0 heterocycles. The summed E-state index contributed by atoms with van der Waals surface area (Å²) < 4.78 is 7.75. The summed E-state index contributed by atoms with van der Waals surface area (Å²) in [4.78, 5) is -1.56. The molecule has 0 fully saturated rings. The molecule has 34 heavy (non-hydrogen) atoms. The topological polar surface area (TPSA) is 9.23 Å². The van der Waals surface area contributed by atoms with Gasteiger partial charge in [0, 0.05) is 0 Å². The average Bonchev–Trinajstić information content (AvgIpc) is 2.84. The third-order valence-electron chi connectivity index (χ3n) is 6.90. The molecule has 0 spiro atoms. The van der Waals surface area contributed by atoms with Crippen molar-refractivity contribution in [2.75, 3.05) is 11.0 Å². The maximum atomic E-state index is 6.38. The molecule has 0 aliphatic heterocycles. The first-order chi connectivity index (χ1) is 16.3. The van der Waals surface area contributed by atoms with E-state index in [1.165, 1.54) is 30.1 Å². The Balaban J connectivity index is 1.66. The number of hydrogen-bond acceptors (Lipinski definition) is 1. The summed E-state index contributed by atoms with van der Waals surface area (Å²) >= 11 is -0.0379. The first kappa shape index (κ1) is 27.6. The van der Waals surface area contributed by atoms with Crippen LogP contribution in [0.3, 0.4) is 0 Å². The fraction of sp³-hybridized carbons (Fsp3) is 0.400. The van der Waals surface area contributed by atoms with Crippen LogP contribution in [-0.2, 0) is 4.43 Å². The number of unbranched alkanes of at least 4 members (excludes halogenated alkanes) is 3. The van der Waals surface area contributed by atoms with E-state index in [2.05, 4.69) is 125 Å². The van der Waals surface area contributed by atoms with E-state index in [1.807, 2.05) is 0 Å². The van der Waals surface area contributed by atoms with Gasteiger partial charge < -0.3 is 0 Å². The van der Waals surface area contributed by atoms with Crippen molar-refractivity contribution in [2.24, 2.45) is 0 Å². The summed E-state index contributed by atoms with van der Waals surface area (Å²) in [5, 5.41) is 4.94. The molecule has 0 bridgehead atoms. The Morgan fingerprint density at radius 1 is 0.647 bits per heavy atom. The van der Waals surface area contributed by atoms with Gasteiger partial charge in [-0.3, -0.25) is 0 Å². The third-order valence-corrected chi connectivity index (χ3v) is 25.3. The monoisotopic (exact) mass is 604 g/mol. The first-order valence-corrected chi connectivity index (χ1v) is 21.6. The number of halogens is 1. The zero-order chi connectivity index (χ0) is 24.5. The van der Waals surface area contributed by atoms with Crippen molar-refractivity contribution in [3.8, 4) is 0 Å². The molecular weight excluding hydrogens is 562 g/mol. The van der Waals surface area contributed by atoms with Crippen LogP contribution in [0.5, 0.6) is 0 Å². The summed E-state index contributed by atoms with van der Waals surface area (Å²) in [7, 11) is -1.61. The van der Waals surface area contributed by atoms with Gasteiger partial charge in [0.1, 0.15) is 0 Å². The normalized spacial score (nSPS) is 12.7. The molecule has 0 atom stereocenters. The molecule has 0 aliphatic rings. The maximum absolute atomic E-state index is 6.38. The number of hydrogen-bond donors (Lipinski definition) is 0. The van der Waals surface area contributed by atoms with Gasteiger partial charge in [-0.1, -0.05) is 0 Å². The standard InChI is InChI=1S/C30H42IOPSi/c1-30(2,3)34(4,5)32-26-18-7-6-17-25-31-33(27-19-11-8-12-20-27,28-21-13-9-14-22-28)29-23-15-10-16-24-29/h8-16,19-24H,6-7,17-18,25-26H2,1-5H3. The Kier molecular flexibility index (Phi) is 10.4. The zero-order valence-corrected chi connectivity index (χ0v) is 25.7. The zero-order valence-electron chi connectivity index (χ0n) is 21.6. The predicted molar refractivity (Wildman–Crippen MR) is 152 cm³/mol. The van der Waals surface area contributed by atoms with Crippen LogP contribution in [0.25, 0.3) is 0 Å². The Hall–Kier alpha value is -1.00. The van der Waals surface area contributed by atoms with E-state index in [0.717, 1.165) is 6.61 Å². The molecule has 0 saturated carbocycles. The van der Waals surface area contributed by atoms with E-state index in [4.69, 9.17) is 4.43 Å². The number of rotatable bonds is 12. The molecule has 3 aromatic rings. The van der Waals surface area contributed by atoms with Gasteiger partial charge in [-0.05, 0) is 0 Å². The van der Waals surface area contributed by atoms with Crippen molar-refractivity contribution < 1.29 is 25.1 Å². The second-order valence-corrected chi connectivity index (χ2v) is 25.7. The van der Waals surface area contributed by atoms with Crippen LogP contribution >= 0.6 is 4.90 Å². The number of benzene rings is 3. The fourth-order valence-corrected chi connectivity index (χ4v) is 18.5. The Bertz CT molecular complexity index is 874. The van der Waals surface area contributed by atoms with Crippen LogP contribution in [0.2, 0.25) is 18.1 Å². The minimum absolute atomic E-state index is 0.0379. The van der Waals surface area contributed by atoms with Gasteiger partial charge in [0.05, 0.1) is 0 Å². The molecule has 0 radical (unpaired) electrons. The molecule has 0 saturated heterocycles. The van der Waals surface area contributed by atoms with Gasteiger partial charge in [0.2, 0.25) is 0 Å². The summed E-state index contributed by atoms with van der Waals surface area (Å²) in [5.74, 6) is 0. The molecule has 0 N–H and O–H groups in total. The molecule has 4 heteroatoms. The molecule has 0 aromatic heterocycles. The van der Waals surface area contributed by atoms with Gasteiger partial charge in [-0.15, -0.1) is 0 Å². The van der Waals surface area contributed by atoms with E-state index in [9.17, 15) is 0 Å². The Morgan fingerprint density at radius 2 is 1.06 bits per heavy atom. The quantitative estimate of drug-likeness (QED) is 0.0969. The SMILES string of the molecule is CC(C)(C)[Si](C)(C)OCCCCCC[I-][P+](c1ccccc1)(c1ccccc1)c1ccccc1. The van der Waals surface area contributed by atoms with Crippen molar-refractivity contribution >= 4 is 29.1 Å². The van der Waals surface area contributed by atoms with Crippen LogP contribution in [0.15, 0.2) is 91.0 Å². The van der Waals surface area contributed by atoms with Crippen molar-refractivity contribution in [3.63, 3.8) is 0 Å². The fourth-order valence-electron chi connectivity index (χ4n) is 3.83. The van der Waals surface area contributed by atoms with Crippen molar-refractivity contribution in [2.45, 2.75) is 64.6 Å². The van der Waals surface area contributed by atoms with E-state index in [-0.39, 0.29) is 20.7 Å². The molecule has 184 valence electrons. The minimum atomic E-state index is -1.61. The van der Waals surface area contributed by atoms with E-state index in [0.29, 0.717) is 5.04 Å². The summed E-state index contributed by atoms with van der Waals surface area (Å²) in [6.07, 6.45) is 5.13. The molecule has 3 aromatic carbocycles. The van der Waals surface area contributed by atoms with Crippen molar-refractivity contribution in [1.82, 2.24) is 0 Å². The van der Waals surface area contributed by atoms with Crippen LogP contribution in [0, 0.1) is 0 Å². The Morgan fingerprint density at radius 3 is 1.47 bits per heavy atom. The first-order valence-electron chi connectivity index (χ1n) is 12.6. The van der Waals surface area contributed by atoms with Gasteiger partial charge in [-0.25, -0.2) is 0 Å². The third kappa shape index (κ3) is 7.03. The summed E-state index contributed by atoms with van der Waals surface area (Å²) in [6, 6.07) is 34.1. The Labute approximate surface area is 219 Å². The molecule has 0 aliphatic carbocycles. The molecule has 1 nitrogen and oxygen atoms in total. The van der Waals surface area contributed by atoms with Crippen LogP contribution in [0.4, 0.5) is 0 Å². The van der Waals surface area contributed by atoms with Gasteiger partial charge in [0.25, 0.3) is 0 Å². The van der Waals surface area contributed by atoms with Gasteiger partial charge in [0.15, 0.2) is 0 Å². The summed E-state index contributed by atoms with van der Waals surface area (Å²) in [6.45, 7) is 12.6. The van der Waals surface area contributed by atoms with Crippen LogP contribution in [0.1, 0.15) is 46.5 Å².